The number of rotatable bonds is 6. The number of carbonyl (C=O) groups is 1. The van der Waals surface area contributed by atoms with Gasteiger partial charge in [0.15, 0.2) is 0 Å². The van der Waals surface area contributed by atoms with Crippen LogP contribution in [-0.2, 0) is 16.0 Å². The van der Waals surface area contributed by atoms with Gasteiger partial charge in [-0.05, 0) is 38.7 Å². The minimum Gasteiger partial charge on any atom is -0.459 e. The van der Waals surface area contributed by atoms with Crippen LogP contribution in [0.25, 0.3) is 0 Å². The summed E-state index contributed by atoms with van der Waals surface area (Å²) in [6.45, 7) is 7.88. The van der Waals surface area contributed by atoms with Crippen LogP contribution >= 0.6 is 0 Å². The Morgan fingerprint density at radius 3 is 2.44 bits per heavy atom. The Hall–Kier alpha value is -1.31. The fourth-order valence-corrected chi connectivity index (χ4v) is 1.59. The topological polar surface area (TPSA) is 26.3 Å². The number of ether oxygens (including phenoxy) is 1. The highest BCUT2D eigenvalue weighted by Gasteiger charge is 2.23. The number of aryl methyl sites for hydroxylation is 1. The van der Waals surface area contributed by atoms with Crippen molar-refractivity contribution in [3.63, 3.8) is 0 Å². The summed E-state index contributed by atoms with van der Waals surface area (Å²) in [6.07, 6.45) is 2.59. The highest BCUT2D eigenvalue weighted by atomic mass is 16.6. The Balaban J connectivity index is 2.41. The zero-order chi connectivity index (χ0) is 13.6. The minimum absolute atomic E-state index is 0.0453. The van der Waals surface area contributed by atoms with E-state index in [2.05, 4.69) is 12.1 Å². The van der Waals surface area contributed by atoms with E-state index < -0.39 is 0 Å². The van der Waals surface area contributed by atoms with E-state index in [9.17, 15) is 4.79 Å². The van der Waals surface area contributed by atoms with E-state index in [0.717, 1.165) is 19.3 Å². The first-order valence-electron chi connectivity index (χ1n) is 6.71. The maximum absolute atomic E-state index is 11.9. The molecule has 0 radical (unpaired) electrons. The molecular weight excluding hydrogens is 224 g/mol. The van der Waals surface area contributed by atoms with Crippen LogP contribution in [-0.4, -0.2) is 11.6 Å². The molecule has 18 heavy (non-hydrogen) atoms. The SMILES string of the molecule is CCC(C)(C)OC(=O)[C@@H](C)CCc1ccccc1. The van der Waals surface area contributed by atoms with Gasteiger partial charge in [0.2, 0.25) is 0 Å². The highest BCUT2D eigenvalue weighted by Crippen LogP contribution is 2.18. The summed E-state index contributed by atoms with van der Waals surface area (Å²) in [7, 11) is 0. The molecule has 0 heterocycles. The molecule has 0 aliphatic carbocycles. The van der Waals surface area contributed by atoms with Crippen molar-refractivity contribution in [3.05, 3.63) is 35.9 Å². The highest BCUT2D eigenvalue weighted by molar-refractivity contribution is 5.72. The fraction of sp³-hybridized carbons (Fsp3) is 0.562. The van der Waals surface area contributed by atoms with Gasteiger partial charge in [-0.15, -0.1) is 0 Å². The van der Waals surface area contributed by atoms with Gasteiger partial charge in [-0.25, -0.2) is 0 Å². The monoisotopic (exact) mass is 248 g/mol. The van der Waals surface area contributed by atoms with E-state index in [-0.39, 0.29) is 17.5 Å². The molecule has 0 bridgehead atoms. The van der Waals surface area contributed by atoms with Gasteiger partial charge in [0, 0.05) is 0 Å². The molecule has 0 aliphatic rings. The second-order valence-electron chi connectivity index (χ2n) is 5.46. The molecule has 0 saturated carbocycles. The average molecular weight is 248 g/mol. The van der Waals surface area contributed by atoms with Crippen LogP contribution in [0.2, 0.25) is 0 Å². The van der Waals surface area contributed by atoms with E-state index >= 15 is 0 Å². The molecule has 100 valence electrons. The van der Waals surface area contributed by atoms with Crippen molar-refractivity contribution in [2.75, 3.05) is 0 Å². The van der Waals surface area contributed by atoms with E-state index in [1.165, 1.54) is 5.56 Å². The van der Waals surface area contributed by atoms with Crippen molar-refractivity contribution in [2.24, 2.45) is 5.92 Å². The minimum atomic E-state index is -0.349. The molecule has 1 rings (SSSR count). The van der Waals surface area contributed by atoms with Gasteiger partial charge in [-0.2, -0.15) is 0 Å². The van der Waals surface area contributed by atoms with Gasteiger partial charge in [-0.3, -0.25) is 4.79 Å². The molecule has 0 saturated heterocycles. The van der Waals surface area contributed by atoms with Gasteiger partial charge < -0.3 is 4.74 Å². The first kappa shape index (κ1) is 14.7. The number of hydrogen-bond acceptors (Lipinski definition) is 2. The van der Waals surface area contributed by atoms with Gasteiger partial charge in [0.05, 0.1) is 5.92 Å². The molecule has 0 aliphatic heterocycles. The zero-order valence-corrected chi connectivity index (χ0v) is 11.9. The summed E-state index contributed by atoms with van der Waals surface area (Å²) in [5.41, 5.74) is 0.921. The molecule has 0 aromatic heterocycles. The second-order valence-corrected chi connectivity index (χ2v) is 5.46. The molecule has 0 spiro atoms. The third kappa shape index (κ3) is 4.91. The smallest absolute Gasteiger partial charge is 0.309 e. The Labute approximate surface area is 110 Å². The Bertz CT molecular complexity index is 368. The van der Waals surface area contributed by atoms with Crippen LogP contribution < -0.4 is 0 Å². The number of benzene rings is 1. The quantitative estimate of drug-likeness (QED) is 0.712. The van der Waals surface area contributed by atoms with E-state index in [4.69, 9.17) is 4.74 Å². The van der Waals surface area contributed by atoms with Gasteiger partial charge in [-0.1, -0.05) is 44.2 Å². The number of esters is 1. The predicted molar refractivity (Wildman–Crippen MR) is 74.4 cm³/mol. The Morgan fingerprint density at radius 1 is 1.28 bits per heavy atom. The van der Waals surface area contributed by atoms with Crippen molar-refractivity contribution >= 4 is 5.97 Å². The first-order valence-corrected chi connectivity index (χ1v) is 6.71. The summed E-state index contributed by atoms with van der Waals surface area (Å²) in [5, 5.41) is 0. The van der Waals surface area contributed by atoms with Crippen LogP contribution in [0.15, 0.2) is 30.3 Å². The molecule has 0 N–H and O–H groups in total. The Morgan fingerprint density at radius 2 is 1.89 bits per heavy atom. The largest absolute Gasteiger partial charge is 0.459 e. The first-order chi connectivity index (χ1) is 8.44. The van der Waals surface area contributed by atoms with Crippen LogP contribution in [0.5, 0.6) is 0 Å². The molecule has 2 nitrogen and oxygen atoms in total. The molecule has 1 aromatic rings. The van der Waals surface area contributed by atoms with Gasteiger partial charge in [0.1, 0.15) is 5.60 Å². The number of carbonyl (C=O) groups excluding carboxylic acids is 1. The van der Waals surface area contributed by atoms with E-state index in [1.807, 2.05) is 45.9 Å². The zero-order valence-electron chi connectivity index (χ0n) is 11.9. The Kier molecular flexibility index (Phi) is 5.39. The van der Waals surface area contributed by atoms with Crippen LogP contribution in [0.4, 0.5) is 0 Å². The summed E-state index contributed by atoms with van der Waals surface area (Å²) in [6, 6.07) is 10.2. The summed E-state index contributed by atoms with van der Waals surface area (Å²) in [5.74, 6) is -0.131. The van der Waals surface area contributed by atoms with Crippen molar-refractivity contribution in [1.29, 1.82) is 0 Å². The molecule has 0 unspecified atom stereocenters. The maximum Gasteiger partial charge on any atom is 0.309 e. The second kappa shape index (κ2) is 6.58. The fourth-order valence-electron chi connectivity index (χ4n) is 1.59. The lowest BCUT2D eigenvalue weighted by molar-refractivity contribution is -0.161. The average Bonchev–Trinajstić information content (AvgIpc) is 2.36. The molecule has 0 amide bonds. The molecular formula is C16H24O2. The third-order valence-corrected chi connectivity index (χ3v) is 3.34. The van der Waals surface area contributed by atoms with Crippen LogP contribution in [0.3, 0.4) is 0 Å². The van der Waals surface area contributed by atoms with Gasteiger partial charge in [0.25, 0.3) is 0 Å². The summed E-state index contributed by atoms with van der Waals surface area (Å²) in [4.78, 5) is 11.9. The van der Waals surface area contributed by atoms with Crippen molar-refractivity contribution in [1.82, 2.24) is 0 Å². The molecule has 1 atom stereocenters. The summed E-state index contributed by atoms with van der Waals surface area (Å²) < 4.78 is 5.50. The number of hydrogen-bond donors (Lipinski definition) is 0. The molecule has 0 fully saturated rings. The molecule has 2 heteroatoms. The predicted octanol–water partition coefficient (Wildman–Crippen LogP) is 3.99. The van der Waals surface area contributed by atoms with E-state index in [1.54, 1.807) is 0 Å². The van der Waals surface area contributed by atoms with Crippen LogP contribution in [0, 0.1) is 5.92 Å². The lowest BCUT2D eigenvalue weighted by Gasteiger charge is -2.25. The van der Waals surface area contributed by atoms with E-state index in [0.29, 0.717) is 0 Å². The maximum atomic E-state index is 11.9. The van der Waals surface area contributed by atoms with Crippen LogP contribution in [0.1, 0.15) is 46.1 Å². The normalized spacial score (nSPS) is 13.1. The van der Waals surface area contributed by atoms with Crippen molar-refractivity contribution < 1.29 is 9.53 Å². The van der Waals surface area contributed by atoms with Gasteiger partial charge >= 0.3 is 5.97 Å². The lowest BCUT2D eigenvalue weighted by Crippen LogP contribution is -2.30. The molecule has 1 aromatic carbocycles. The standard InChI is InChI=1S/C16H24O2/c1-5-16(3,4)18-15(17)13(2)11-12-14-9-7-6-8-10-14/h6-10,13H,5,11-12H2,1-4H3/t13-/m0/s1. The third-order valence-electron chi connectivity index (χ3n) is 3.34. The summed E-state index contributed by atoms with van der Waals surface area (Å²) >= 11 is 0. The van der Waals surface area contributed by atoms with Crippen molar-refractivity contribution in [3.8, 4) is 0 Å². The van der Waals surface area contributed by atoms with Crippen molar-refractivity contribution in [2.45, 2.75) is 52.6 Å². The lowest BCUT2D eigenvalue weighted by atomic mass is 10.0.